The van der Waals surface area contributed by atoms with E-state index in [-0.39, 0.29) is 0 Å². The second-order valence-electron chi connectivity index (χ2n) is 7.59. The number of aryl methyl sites for hydroxylation is 1. The molecule has 5 aromatic rings. The maximum absolute atomic E-state index is 12.2. The molecule has 0 aliphatic carbocycles. The van der Waals surface area contributed by atoms with Gasteiger partial charge in [0.2, 0.25) is 0 Å². The summed E-state index contributed by atoms with van der Waals surface area (Å²) in [5, 5.41) is 12.0. The Labute approximate surface area is 201 Å². The average molecular weight is 466 g/mol. The third-order valence-electron chi connectivity index (χ3n) is 5.08. The van der Waals surface area contributed by atoms with E-state index in [1.54, 1.807) is 30.3 Å². The summed E-state index contributed by atoms with van der Waals surface area (Å²) < 4.78 is 15.3. The second-order valence-corrected chi connectivity index (χ2v) is 7.59. The molecule has 0 spiro atoms. The highest BCUT2D eigenvalue weighted by atomic mass is 16.7. The van der Waals surface area contributed by atoms with E-state index in [0.717, 1.165) is 27.1 Å². The van der Waals surface area contributed by atoms with Crippen molar-refractivity contribution < 1.29 is 28.9 Å². The van der Waals surface area contributed by atoms with Gasteiger partial charge in [0.25, 0.3) is 0 Å². The smallest absolute Gasteiger partial charge is 0.449 e. The minimum atomic E-state index is -1.28. The predicted octanol–water partition coefficient (Wildman–Crippen LogP) is 7.62. The van der Waals surface area contributed by atoms with E-state index in [1.807, 2.05) is 85.8 Å². The molecule has 0 heterocycles. The molecule has 0 atom stereocenters. The minimum Gasteiger partial charge on any atom is -0.449 e. The van der Waals surface area contributed by atoms with Crippen LogP contribution in [0, 0.1) is 6.92 Å². The molecule has 0 radical (unpaired) electrons. The van der Waals surface area contributed by atoms with E-state index >= 15 is 0 Å². The lowest BCUT2D eigenvalue weighted by Crippen LogP contribution is -2.14. The number of rotatable bonds is 3. The lowest BCUT2D eigenvalue weighted by Gasteiger charge is -2.09. The third kappa shape index (κ3) is 6.15. The van der Waals surface area contributed by atoms with Gasteiger partial charge in [-0.25, -0.2) is 9.59 Å². The zero-order chi connectivity index (χ0) is 24.6. The maximum Gasteiger partial charge on any atom is 0.519 e. The molecule has 0 saturated heterocycles. The first-order valence-electron chi connectivity index (χ1n) is 10.8. The Bertz CT molecular complexity index is 1400. The van der Waals surface area contributed by atoms with Gasteiger partial charge in [0.1, 0.15) is 17.2 Å². The molecule has 0 aromatic heterocycles. The van der Waals surface area contributed by atoms with Crippen LogP contribution in [0.2, 0.25) is 0 Å². The summed E-state index contributed by atoms with van der Waals surface area (Å²) in [4.78, 5) is 22.3. The van der Waals surface area contributed by atoms with Crippen molar-refractivity contribution in [2.24, 2.45) is 0 Å². The van der Waals surface area contributed by atoms with Crippen LogP contribution in [-0.4, -0.2) is 17.4 Å². The van der Waals surface area contributed by atoms with Crippen molar-refractivity contribution in [1.82, 2.24) is 0 Å². The Morgan fingerprint density at radius 2 is 1.09 bits per heavy atom. The molecule has 6 nitrogen and oxygen atoms in total. The summed E-state index contributed by atoms with van der Waals surface area (Å²) in [7, 11) is 0. The van der Waals surface area contributed by atoms with Gasteiger partial charge < -0.3 is 19.3 Å². The highest BCUT2D eigenvalue weighted by molar-refractivity contribution is 5.92. The molecule has 6 heteroatoms. The summed E-state index contributed by atoms with van der Waals surface area (Å²) in [6.07, 6.45) is -2.03. The molecule has 5 rings (SSSR count). The highest BCUT2D eigenvalue weighted by Gasteiger charge is 2.12. The van der Waals surface area contributed by atoms with Crippen molar-refractivity contribution in [3.8, 4) is 17.2 Å². The molecule has 35 heavy (non-hydrogen) atoms. The van der Waals surface area contributed by atoms with E-state index in [1.165, 1.54) is 0 Å². The largest absolute Gasteiger partial charge is 0.519 e. The van der Waals surface area contributed by atoms with E-state index in [4.69, 9.17) is 14.6 Å². The number of fused-ring (bicyclic) bond motifs is 2. The summed E-state index contributed by atoms with van der Waals surface area (Å²) >= 11 is 0. The van der Waals surface area contributed by atoms with Crippen LogP contribution in [0.3, 0.4) is 0 Å². The van der Waals surface area contributed by atoms with Crippen molar-refractivity contribution in [2.75, 3.05) is 0 Å². The number of hydrogen-bond acceptors (Lipinski definition) is 5. The van der Waals surface area contributed by atoms with Gasteiger partial charge in [0.05, 0.1) is 0 Å². The first-order valence-corrected chi connectivity index (χ1v) is 10.8. The van der Waals surface area contributed by atoms with Crippen LogP contribution in [0.15, 0.2) is 109 Å². The molecule has 0 unspecified atom stereocenters. The number of carbonyl (C=O) groups excluding carboxylic acids is 1. The molecule has 1 N–H and O–H groups in total. The second kappa shape index (κ2) is 10.9. The first kappa shape index (κ1) is 23.3. The Kier molecular flexibility index (Phi) is 7.23. The molecule has 0 saturated carbocycles. The van der Waals surface area contributed by atoms with Crippen molar-refractivity contribution >= 4 is 33.9 Å². The van der Waals surface area contributed by atoms with Crippen LogP contribution in [0.1, 0.15) is 5.56 Å². The quantitative estimate of drug-likeness (QED) is 0.217. The number of carbonyl (C=O) groups is 2. The van der Waals surface area contributed by atoms with Crippen molar-refractivity contribution in [3.63, 3.8) is 0 Å². The lowest BCUT2D eigenvalue weighted by atomic mass is 10.1. The number of carboxylic acid groups (broad SMARTS) is 1. The van der Waals surface area contributed by atoms with Gasteiger partial charge in [-0.1, -0.05) is 84.9 Å². The monoisotopic (exact) mass is 466 g/mol. The van der Waals surface area contributed by atoms with Crippen LogP contribution in [0.5, 0.6) is 17.2 Å². The minimum absolute atomic E-state index is 0.359. The topological polar surface area (TPSA) is 82.1 Å². The van der Waals surface area contributed by atoms with E-state index in [2.05, 4.69) is 4.74 Å². The fourth-order valence-corrected chi connectivity index (χ4v) is 3.55. The van der Waals surface area contributed by atoms with Crippen LogP contribution in [-0.2, 0) is 0 Å². The summed E-state index contributed by atoms with van der Waals surface area (Å²) in [5.41, 5.74) is 0.976. The first-order chi connectivity index (χ1) is 17.0. The van der Waals surface area contributed by atoms with Crippen LogP contribution in [0.25, 0.3) is 21.5 Å². The third-order valence-corrected chi connectivity index (χ3v) is 5.08. The van der Waals surface area contributed by atoms with Gasteiger partial charge in [0.15, 0.2) is 0 Å². The van der Waals surface area contributed by atoms with Crippen molar-refractivity contribution in [2.45, 2.75) is 6.92 Å². The standard InChI is InChI=1S/C21H14O3.C8H8O3/c22-21(23-19-13-5-9-15-7-1-3-11-17(15)19)24-20-14-6-10-16-8-2-4-12-18(16)20;1-6-3-2-4-7(5-6)11-8(9)10/h1-14H;2-5H,1H3,(H,9,10). The van der Waals surface area contributed by atoms with Crippen molar-refractivity contribution in [1.29, 1.82) is 0 Å². The van der Waals surface area contributed by atoms with Crippen molar-refractivity contribution in [3.05, 3.63) is 115 Å². The zero-order valence-electron chi connectivity index (χ0n) is 18.9. The molecule has 5 aromatic carbocycles. The molecular formula is C29H22O6. The lowest BCUT2D eigenvalue weighted by molar-refractivity contribution is 0.144. The SMILES string of the molecule is Cc1cccc(OC(=O)O)c1.O=C(Oc1cccc2ccccc12)Oc1cccc2ccccc12. The number of hydrogen-bond donors (Lipinski definition) is 1. The van der Waals surface area contributed by atoms with Crippen LogP contribution < -0.4 is 14.2 Å². The van der Waals surface area contributed by atoms with E-state index in [0.29, 0.717) is 17.2 Å². The van der Waals surface area contributed by atoms with Gasteiger partial charge in [-0.3, -0.25) is 0 Å². The van der Waals surface area contributed by atoms with Gasteiger partial charge in [0, 0.05) is 10.8 Å². The molecular weight excluding hydrogens is 444 g/mol. The average Bonchev–Trinajstić information content (AvgIpc) is 2.85. The van der Waals surface area contributed by atoms with Gasteiger partial charge in [-0.15, -0.1) is 0 Å². The predicted molar refractivity (Wildman–Crippen MR) is 134 cm³/mol. The molecule has 0 bridgehead atoms. The molecule has 0 aliphatic heterocycles. The Morgan fingerprint density at radius 1 is 0.600 bits per heavy atom. The number of benzene rings is 5. The Morgan fingerprint density at radius 3 is 1.60 bits per heavy atom. The Hall–Kier alpha value is -4.84. The Balaban J connectivity index is 0.000000221. The summed E-state index contributed by atoms with van der Waals surface area (Å²) in [6, 6.07) is 33.5. The molecule has 0 aliphatic rings. The van der Waals surface area contributed by atoms with Gasteiger partial charge in [-0.05, 0) is 47.5 Å². The molecule has 0 amide bonds. The molecule has 174 valence electrons. The van der Waals surface area contributed by atoms with E-state index < -0.39 is 12.3 Å². The maximum atomic E-state index is 12.2. The summed E-state index contributed by atoms with van der Waals surface area (Å²) in [5.74, 6) is 1.33. The van der Waals surface area contributed by atoms with E-state index in [9.17, 15) is 9.59 Å². The summed E-state index contributed by atoms with van der Waals surface area (Å²) in [6.45, 7) is 1.87. The molecule has 0 fully saturated rings. The van der Waals surface area contributed by atoms with Gasteiger partial charge in [-0.2, -0.15) is 0 Å². The number of ether oxygens (including phenoxy) is 3. The van der Waals surface area contributed by atoms with Gasteiger partial charge >= 0.3 is 12.3 Å². The fraction of sp³-hybridized carbons (Fsp3) is 0.0345. The normalized spacial score (nSPS) is 10.2. The van der Waals surface area contributed by atoms with Crippen LogP contribution in [0.4, 0.5) is 9.59 Å². The fourth-order valence-electron chi connectivity index (χ4n) is 3.55. The van der Waals surface area contributed by atoms with Crippen LogP contribution >= 0.6 is 0 Å². The zero-order valence-corrected chi connectivity index (χ0v) is 18.9. The highest BCUT2D eigenvalue weighted by Crippen LogP contribution is 2.28.